The van der Waals surface area contributed by atoms with Crippen LogP contribution in [-0.4, -0.2) is 121 Å². The minimum Gasteiger partial charge on any atom is -0.465 e. The van der Waals surface area contributed by atoms with E-state index in [2.05, 4.69) is 18.1 Å². The van der Waals surface area contributed by atoms with E-state index in [9.17, 15) is 19.5 Å². The molecule has 1 spiro atoms. The molecule has 10 nitrogen and oxygen atoms in total. The number of hydrogen-bond acceptors (Lipinski definition) is 8. The molecule has 0 aromatic carbocycles. The highest BCUT2D eigenvalue weighted by Crippen LogP contribution is 2.58. The van der Waals surface area contributed by atoms with E-state index in [1.165, 1.54) is 0 Å². The van der Waals surface area contributed by atoms with Gasteiger partial charge in [0.15, 0.2) is 0 Å². The van der Waals surface area contributed by atoms with Crippen molar-refractivity contribution in [3.63, 3.8) is 0 Å². The summed E-state index contributed by atoms with van der Waals surface area (Å²) in [4.78, 5) is 47.1. The first-order valence-corrected chi connectivity index (χ1v) is 14.5. The van der Waals surface area contributed by atoms with Crippen molar-refractivity contribution in [1.82, 2.24) is 14.7 Å². The van der Waals surface area contributed by atoms with Crippen LogP contribution in [0.1, 0.15) is 44.9 Å². The van der Waals surface area contributed by atoms with Crippen LogP contribution in [0.25, 0.3) is 0 Å². The second-order valence-corrected chi connectivity index (χ2v) is 11.0. The largest absolute Gasteiger partial charge is 0.465 e. The zero-order valence-electron chi connectivity index (χ0n) is 23.1. The van der Waals surface area contributed by atoms with Crippen LogP contribution in [0.4, 0.5) is 0 Å². The number of esters is 1. The van der Waals surface area contributed by atoms with Crippen LogP contribution in [0.2, 0.25) is 0 Å². The van der Waals surface area contributed by atoms with Crippen LogP contribution in [-0.2, 0) is 28.6 Å². The number of rotatable bonds is 16. The van der Waals surface area contributed by atoms with E-state index in [1.54, 1.807) is 15.9 Å². The van der Waals surface area contributed by atoms with Crippen LogP contribution in [0.3, 0.4) is 0 Å². The van der Waals surface area contributed by atoms with Gasteiger partial charge in [0.1, 0.15) is 11.6 Å². The number of likely N-dealkylation sites (tertiary alicyclic amines) is 1. The Balaban J connectivity index is 1.54. The molecule has 4 saturated heterocycles. The number of hydrogen-bond donors (Lipinski definition) is 1. The van der Waals surface area contributed by atoms with Crippen molar-refractivity contribution in [2.75, 3.05) is 65.7 Å². The molecular formula is C29H45N3O7. The number of morpholine rings is 1. The topological polar surface area (TPSA) is 109 Å². The average molecular weight is 548 g/mol. The number of ether oxygens (including phenoxy) is 3. The molecule has 5 atom stereocenters. The molecule has 0 saturated carbocycles. The summed E-state index contributed by atoms with van der Waals surface area (Å²) in [6, 6.07) is -0.811. The Morgan fingerprint density at radius 2 is 1.92 bits per heavy atom. The lowest BCUT2D eigenvalue weighted by molar-refractivity contribution is -0.155. The summed E-state index contributed by atoms with van der Waals surface area (Å²) in [6.45, 7) is 12.8. The van der Waals surface area contributed by atoms with E-state index < -0.39 is 35.6 Å². The number of allylic oxidation sites excluding steroid dienone is 1. The summed E-state index contributed by atoms with van der Waals surface area (Å²) in [5.41, 5.74) is -1.04. The number of carbonyl (C=O) groups excluding carboxylic acids is 3. The fourth-order valence-corrected chi connectivity index (χ4v) is 6.70. The Hall–Kier alpha value is -2.27. The zero-order chi connectivity index (χ0) is 27.8. The summed E-state index contributed by atoms with van der Waals surface area (Å²) >= 11 is 0. The Labute approximate surface area is 231 Å². The molecular weight excluding hydrogens is 502 g/mol. The summed E-state index contributed by atoms with van der Waals surface area (Å²) < 4.78 is 17.6. The average Bonchev–Trinajstić information content (AvgIpc) is 3.59. The fourth-order valence-electron chi connectivity index (χ4n) is 6.70. The number of aliphatic hydroxyl groups is 1. The normalized spacial score (nSPS) is 29.9. The van der Waals surface area contributed by atoms with Crippen molar-refractivity contribution in [1.29, 1.82) is 0 Å². The number of amides is 2. The maximum atomic E-state index is 14.3. The van der Waals surface area contributed by atoms with Gasteiger partial charge >= 0.3 is 5.97 Å². The molecule has 4 fully saturated rings. The molecule has 0 aromatic rings. The molecule has 2 bridgehead atoms. The van der Waals surface area contributed by atoms with Crippen LogP contribution in [0, 0.1) is 11.8 Å². The third-order valence-electron chi connectivity index (χ3n) is 8.61. The SMILES string of the molecule is C=CCCCCOC(=O)[C@@H]1[C@H]2C(=O)N(CCCCO)C(C(=O)N(CC=C)CCN3CCOCC3)C23CC[C@H]1O3. The predicted octanol–water partition coefficient (Wildman–Crippen LogP) is 1.38. The molecule has 2 unspecified atom stereocenters. The quantitative estimate of drug-likeness (QED) is 0.175. The van der Waals surface area contributed by atoms with Crippen LogP contribution in [0.5, 0.6) is 0 Å². The molecule has 0 aliphatic carbocycles. The van der Waals surface area contributed by atoms with Crippen molar-refractivity contribution < 1.29 is 33.7 Å². The van der Waals surface area contributed by atoms with Crippen LogP contribution in [0.15, 0.2) is 25.3 Å². The molecule has 2 amide bonds. The van der Waals surface area contributed by atoms with E-state index in [0.717, 1.165) is 32.4 Å². The summed E-state index contributed by atoms with van der Waals surface area (Å²) in [5, 5.41) is 9.35. The number of aliphatic hydroxyl groups excluding tert-OH is 1. The Kier molecular flexibility index (Phi) is 10.6. The maximum Gasteiger partial charge on any atom is 0.312 e. The van der Waals surface area contributed by atoms with Gasteiger partial charge in [0.2, 0.25) is 11.8 Å². The van der Waals surface area contributed by atoms with Gasteiger partial charge in [0.25, 0.3) is 0 Å². The van der Waals surface area contributed by atoms with Gasteiger partial charge in [-0.15, -0.1) is 13.2 Å². The maximum absolute atomic E-state index is 14.3. The summed E-state index contributed by atoms with van der Waals surface area (Å²) in [7, 11) is 0. The van der Waals surface area contributed by atoms with Crippen molar-refractivity contribution >= 4 is 17.8 Å². The van der Waals surface area contributed by atoms with Crippen molar-refractivity contribution in [2.24, 2.45) is 11.8 Å². The van der Waals surface area contributed by atoms with Gasteiger partial charge in [0.05, 0.1) is 37.8 Å². The summed E-state index contributed by atoms with van der Waals surface area (Å²) in [5.74, 6) is -2.22. The first kappa shape index (κ1) is 29.7. The number of nitrogens with zero attached hydrogens (tertiary/aromatic N) is 3. The van der Waals surface area contributed by atoms with E-state index in [-0.39, 0.29) is 18.4 Å². The molecule has 218 valence electrons. The first-order chi connectivity index (χ1) is 19.0. The zero-order valence-corrected chi connectivity index (χ0v) is 23.1. The fraction of sp³-hybridized carbons (Fsp3) is 0.759. The smallest absolute Gasteiger partial charge is 0.312 e. The van der Waals surface area contributed by atoms with Gasteiger partial charge in [-0.3, -0.25) is 19.3 Å². The minimum atomic E-state index is -1.04. The molecule has 4 aliphatic rings. The van der Waals surface area contributed by atoms with Crippen LogP contribution >= 0.6 is 0 Å². The Bertz CT molecular complexity index is 892. The predicted molar refractivity (Wildman–Crippen MR) is 145 cm³/mol. The minimum absolute atomic E-state index is 0.0106. The standard InChI is InChI=1S/C29H45N3O7/c1-3-5-6-9-19-38-28(36)23-22-10-11-29(39-22)24(23)26(34)32(13-7-8-18-33)25(29)27(35)31(12-4-2)15-14-30-16-20-37-21-17-30/h3-4,22-25,33H,1-2,5-21H2/t22-,23+,24+,25?,29?/m1/s1. The molecule has 4 aliphatic heterocycles. The van der Waals surface area contributed by atoms with Gasteiger partial charge in [-0.1, -0.05) is 12.2 Å². The summed E-state index contributed by atoms with van der Waals surface area (Å²) in [6.07, 6.45) is 7.84. The molecule has 0 aromatic heterocycles. The van der Waals surface area contributed by atoms with Gasteiger partial charge < -0.3 is 29.1 Å². The third kappa shape index (κ3) is 6.24. The van der Waals surface area contributed by atoms with Gasteiger partial charge in [-0.05, 0) is 44.9 Å². The van der Waals surface area contributed by atoms with Gasteiger partial charge in [-0.2, -0.15) is 0 Å². The molecule has 1 N–H and O–H groups in total. The van der Waals surface area contributed by atoms with E-state index in [0.29, 0.717) is 71.7 Å². The number of carbonyl (C=O) groups is 3. The monoisotopic (exact) mass is 547 g/mol. The Morgan fingerprint density at radius 3 is 2.64 bits per heavy atom. The van der Waals surface area contributed by atoms with Crippen molar-refractivity contribution in [3.8, 4) is 0 Å². The molecule has 4 rings (SSSR count). The van der Waals surface area contributed by atoms with Crippen molar-refractivity contribution in [2.45, 2.75) is 62.7 Å². The van der Waals surface area contributed by atoms with E-state index in [4.69, 9.17) is 14.2 Å². The number of fused-ring (bicyclic) bond motifs is 1. The van der Waals surface area contributed by atoms with Gasteiger partial charge in [-0.25, -0.2) is 0 Å². The van der Waals surface area contributed by atoms with Gasteiger partial charge in [0, 0.05) is 45.9 Å². The second-order valence-electron chi connectivity index (χ2n) is 11.0. The highest BCUT2D eigenvalue weighted by molar-refractivity contribution is 5.98. The van der Waals surface area contributed by atoms with E-state index >= 15 is 0 Å². The molecule has 10 heteroatoms. The number of unbranched alkanes of at least 4 members (excludes halogenated alkanes) is 3. The van der Waals surface area contributed by atoms with Crippen molar-refractivity contribution in [3.05, 3.63) is 25.3 Å². The van der Waals surface area contributed by atoms with Crippen LogP contribution < -0.4 is 0 Å². The lowest BCUT2D eigenvalue weighted by Gasteiger charge is -2.37. The highest BCUT2D eigenvalue weighted by atomic mass is 16.6. The molecule has 4 heterocycles. The lowest BCUT2D eigenvalue weighted by Crippen LogP contribution is -2.57. The lowest BCUT2D eigenvalue weighted by atomic mass is 9.70. The Morgan fingerprint density at radius 1 is 1.13 bits per heavy atom. The first-order valence-electron chi connectivity index (χ1n) is 14.5. The van der Waals surface area contributed by atoms with E-state index in [1.807, 2.05) is 6.08 Å². The second kappa shape index (κ2) is 13.9. The molecule has 0 radical (unpaired) electrons. The molecule has 39 heavy (non-hydrogen) atoms. The third-order valence-corrected chi connectivity index (χ3v) is 8.61. The highest BCUT2D eigenvalue weighted by Gasteiger charge is 2.75.